The van der Waals surface area contributed by atoms with Crippen molar-refractivity contribution in [1.82, 2.24) is 10.2 Å². The number of carbonyl (C=O) groups is 1. The van der Waals surface area contributed by atoms with Gasteiger partial charge in [0.05, 0.1) is 0 Å². The molecule has 0 bridgehead atoms. The van der Waals surface area contributed by atoms with Gasteiger partial charge >= 0.3 is 6.03 Å². The summed E-state index contributed by atoms with van der Waals surface area (Å²) in [5.74, 6) is -0.262. The van der Waals surface area contributed by atoms with Crippen LogP contribution in [0.4, 0.5) is 4.79 Å². The molecule has 1 atom stereocenters. The number of rotatable bonds is 3. The molecule has 0 radical (unpaired) electrons. The van der Waals surface area contributed by atoms with Crippen molar-refractivity contribution in [2.75, 3.05) is 6.54 Å². The largest absolute Gasteiger partial charge is 0.410 e. The number of nitrogens with zero attached hydrogens (tertiary/aromatic N) is 2. The molecular weight excluding hydrogens is 200 g/mol. The van der Waals surface area contributed by atoms with E-state index in [0.29, 0.717) is 6.54 Å². The molecule has 15 heavy (non-hydrogen) atoms. The summed E-state index contributed by atoms with van der Waals surface area (Å²) in [5, 5.41) is 30.4. The summed E-state index contributed by atoms with van der Waals surface area (Å²) in [6.07, 6.45) is 0.211. The van der Waals surface area contributed by atoms with Gasteiger partial charge in [-0.15, -0.1) is 0 Å². The minimum atomic E-state index is -1.41. The molecule has 0 saturated carbocycles. The molecule has 1 heterocycles. The van der Waals surface area contributed by atoms with E-state index < -0.39 is 12.3 Å². The van der Waals surface area contributed by atoms with Crippen LogP contribution in [0.3, 0.4) is 0 Å². The van der Waals surface area contributed by atoms with Crippen LogP contribution in [0, 0.1) is 5.41 Å². The molecule has 4 N–H and O–H groups in total. The average molecular weight is 214 g/mol. The third-order valence-corrected chi connectivity index (χ3v) is 2.12. The van der Waals surface area contributed by atoms with E-state index in [-0.39, 0.29) is 11.5 Å². The average Bonchev–Trinajstić information content (AvgIpc) is 2.17. The first-order valence-electron chi connectivity index (χ1n) is 4.68. The summed E-state index contributed by atoms with van der Waals surface area (Å²) in [6.45, 7) is 2.33. The number of hydrogen-bond acceptors (Lipinski definition) is 5. The van der Waals surface area contributed by atoms with Gasteiger partial charge < -0.3 is 15.6 Å². The molecule has 1 rings (SSSR count). The molecule has 1 aliphatic heterocycles. The molecule has 0 aromatic heterocycles. The molecule has 0 aromatic carbocycles. The highest BCUT2D eigenvalue weighted by molar-refractivity contribution is 6.45. The van der Waals surface area contributed by atoms with Crippen molar-refractivity contribution in [1.29, 1.82) is 5.41 Å². The molecule has 1 fully saturated rings. The van der Waals surface area contributed by atoms with Crippen molar-refractivity contribution in [3.05, 3.63) is 0 Å². The number of unbranched alkanes of at least 4 members (excludes halogenated alkanes) is 1. The second-order valence-corrected chi connectivity index (χ2v) is 3.19. The van der Waals surface area contributed by atoms with Crippen LogP contribution in [0.5, 0.6) is 0 Å². The fourth-order valence-corrected chi connectivity index (χ4v) is 1.26. The van der Waals surface area contributed by atoms with Gasteiger partial charge in [-0.25, -0.2) is 4.79 Å². The number of amides is 2. The Hall–Kier alpha value is -1.63. The monoisotopic (exact) mass is 214 g/mol. The zero-order chi connectivity index (χ0) is 11.4. The topological polar surface area (TPSA) is 109 Å². The summed E-state index contributed by atoms with van der Waals surface area (Å²) in [7, 11) is 0. The van der Waals surface area contributed by atoms with Gasteiger partial charge in [0.25, 0.3) is 0 Å². The standard InChI is InChI=1S/C8H14N4O3/c1-2-3-4-12-6(9)5(11-15)7(13)10-8(12)14/h7,9,13,15H,2-4H2,1H3,(H,10,14). The van der Waals surface area contributed by atoms with E-state index in [4.69, 9.17) is 10.6 Å². The third kappa shape index (κ3) is 2.24. The first-order valence-corrected chi connectivity index (χ1v) is 4.68. The van der Waals surface area contributed by atoms with E-state index in [9.17, 15) is 9.90 Å². The summed E-state index contributed by atoms with van der Waals surface area (Å²) < 4.78 is 0. The summed E-state index contributed by atoms with van der Waals surface area (Å²) in [6, 6.07) is -0.548. The predicted molar refractivity (Wildman–Crippen MR) is 53.1 cm³/mol. The van der Waals surface area contributed by atoms with Gasteiger partial charge in [0.1, 0.15) is 0 Å². The van der Waals surface area contributed by atoms with E-state index in [1.54, 1.807) is 0 Å². The summed E-state index contributed by atoms with van der Waals surface area (Å²) >= 11 is 0. The maximum absolute atomic E-state index is 11.4. The van der Waals surface area contributed by atoms with Crippen molar-refractivity contribution in [2.45, 2.75) is 26.0 Å². The predicted octanol–water partition coefficient (Wildman–Crippen LogP) is -0.0624. The Kier molecular flexibility index (Phi) is 3.62. The Morgan fingerprint density at radius 2 is 2.33 bits per heavy atom. The molecule has 84 valence electrons. The van der Waals surface area contributed by atoms with Gasteiger partial charge in [0.2, 0.25) is 0 Å². The van der Waals surface area contributed by atoms with Crippen LogP contribution in [0.1, 0.15) is 19.8 Å². The Balaban J connectivity index is 2.79. The van der Waals surface area contributed by atoms with Crippen LogP contribution in [0.15, 0.2) is 5.16 Å². The quantitative estimate of drug-likeness (QED) is 0.390. The van der Waals surface area contributed by atoms with Crippen molar-refractivity contribution >= 4 is 17.6 Å². The van der Waals surface area contributed by atoms with E-state index in [2.05, 4.69) is 10.5 Å². The normalized spacial score (nSPS) is 24.5. The van der Waals surface area contributed by atoms with Crippen LogP contribution in [-0.4, -0.2) is 45.6 Å². The lowest BCUT2D eigenvalue weighted by atomic mass is 10.2. The van der Waals surface area contributed by atoms with E-state index in [1.807, 2.05) is 6.92 Å². The lowest BCUT2D eigenvalue weighted by Gasteiger charge is -2.31. The number of nitrogens with one attached hydrogen (secondary N) is 2. The molecule has 1 unspecified atom stereocenters. The summed E-state index contributed by atoms with van der Waals surface area (Å²) in [4.78, 5) is 12.5. The van der Waals surface area contributed by atoms with Gasteiger partial charge in [0, 0.05) is 6.54 Å². The van der Waals surface area contributed by atoms with Gasteiger partial charge in [-0.1, -0.05) is 18.5 Å². The van der Waals surface area contributed by atoms with Gasteiger partial charge in [-0.3, -0.25) is 10.3 Å². The van der Waals surface area contributed by atoms with Crippen molar-refractivity contribution < 1.29 is 15.1 Å². The van der Waals surface area contributed by atoms with E-state index in [1.165, 1.54) is 0 Å². The van der Waals surface area contributed by atoms with Crippen LogP contribution in [0.25, 0.3) is 0 Å². The first kappa shape index (κ1) is 11.4. The number of aliphatic hydroxyl groups excluding tert-OH is 1. The fourth-order valence-electron chi connectivity index (χ4n) is 1.26. The van der Waals surface area contributed by atoms with E-state index in [0.717, 1.165) is 17.7 Å². The minimum absolute atomic E-state index is 0.245. The summed E-state index contributed by atoms with van der Waals surface area (Å²) in [5.41, 5.74) is -0.245. The minimum Gasteiger partial charge on any atom is -0.410 e. The lowest BCUT2D eigenvalue weighted by molar-refractivity contribution is 0.167. The van der Waals surface area contributed by atoms with Gasteiger partial charge in [0.15, 0.2) is 17.8 Å². The Morgan fingerprint density at radius 3 is 2.87 bits per heavy atom. The van der Waals surface area contributed by atoms with Crippen LogP contribution in [-0.2, 0) is 0 Å². The van der Waals surface area contributed by atoms with Crippen LogP contribution in [0.2, 0.25) is 0 Å². The van der Waals surface area contributed by atoms with E-state index >= 15 is 0 Å². The Morgan fingerprint density at radius 1 is 1.67 bits per heavy atom. The van der Waals surface area contributed by atoms with Crippen molar-refractivity contribution in [3.63, 3.8) is 0 Å². The SMILES string of the molecule is CCCCN1C(=N)C(=NO)C(O)NC1=O. The molecule has 7 nitrogen and oxygen atoms in total. The second kappa shape index (κ2) is 4.74. The number of oxime groups is 1. The molecule has 0 aliphatic carbocycles. The number of aliphatic hydroxyl groups is 1. The smallest absolute Gasteiger partial charge is 0.325 e. The van der Waals surface area contributed by atoms with Gasteiger partial charge in [-0.2, -0.15) is 0 Å². The van der Waals surface area contributed by atoms with Crippen LogP contribution < -0.4 is 5.32 Å². The van der Waals surface area contributed by atoms with Crippen molar-refractivity contribution in [3.8, 4) is 0 Å². The Bertz CT molecular complexity index is 302. The fraction of sp³-hybridized carbons (Fsp3) is 0.625. The maximum atomic E-state index is 11.4. The highest BCUT2D eigenvalue weighted by atomic mass is 16.4. The second-order valence-electron chi connectivity index (χ2n) is 3.19. The number of carbonyl (C=O) groups excluding carboxylic acids is 1. The lowest BCUT2D eigenvalue weighted by Crippen LogP contribution is -2.60. The molecule has 1 saturated heterocycles. The first-order chi connectivity index (χ1) is 7.11. The zero-order valence-electron chi connectivity index (χ0n) is 8.40. The third-order valence-electron chi connectivity index (χ3n) is 2.12. The zero-order valence-corrected chi connectivity index (χ0v) is 8.40. The highest BCUT2D eigenvalue weighted by Crippen LogP contribution is 2.06. The number of hydrogen-bond donors (Lipinski definition) is 4. The molecule has 1 aliphatic rings. The molecular formula is C8H14N4O3. The highest BCUT2D eigenvalue weighted by Gasteiger charge is 2.34. The molecule has 0 aromatic rings. The Labute approximate surface area is 86.9 Å². The molecule has 7 heteroatoms. The van der Waals surface area contributed by atoms with Crippen LogP contribution >= 0.6 is 0 Å². The molecule has 2 amide bonds. The van der Waals surface area contributed by atoms with Gasteiger partial charge in [-0.05, 0) is 6.42 Å². The number of amidine groups is 1. The maximum Gasteiger partial charge on any atom is 0.325 e. The number of urea groups is 1. The molecule has 0 spiro atoms. The van der Waals surface area contributed by atoms with Crippen molar-refractivity contribution in [2.24, 2.45) is 5.16 Å².